The highest BCUT2D eigenvalue weighted by Gasteiger charge is 2.18. The molecular weight excluding hydrogens is 374 g/mol. The molecule has 0 aliphatic heterocycles. The highest BCUT2D eigenvalue weighted by Crippen LogP contribution is 2.26. The Balaban J connectivity index is 1.92. The van der Waals surface area contributed by atoms with Crippen molar-refractivity contribution in [3.8, 4) is 5.69 Å². The maximum Gasteiger partial charge on any atom is 0.264 e. The Labute approximate surface area is 166 Å². The first-order chi connectivity index (χ1) is 13.5. The van der Waals surface area contributed by atoms with E-state index in [0.717, 1.165) is 16.8 Å². The molecule has 0 saturated heterocycles. The predicted octanol–water partition coefficient (Wildman–Crippen LogP) is 4.19. The molecule has 7 heteroatoms. The van der Waals surface area contributed by atoms with Gasteiger partial charge in [-0.05, 0) is 42.6 Å². The van der Waals surface area contributed by atoms with E-state index < -0.39 is 0 Å². The summed E-state index contributed by atoms with van der Waals surface area (Å²) in [5.74, 6) is 0.765. The molecule has 0 saturated carbocycles. The van der Waals surface area contributed by atoms with Crippen LogP contribution < -0.4 is 16.6 Å². The quantitative estimate of drug-likeness (QED) is 0.544. The summed E-state index contributed by atoms with van der Waals surface area (Å²) in [5.41, 5.74) is 7.06. The van der Waals surface area contributed by atoms with Crippen LogP contribution >= 0.6 is 11.6 Å². The molecule has 0 radical (unpaired) electrons. The third-order valence-electron chi connectivity index (χ3n) is 4.52. The molecule has 6 nitrogen and oxygen atoms in total. The molecule has 4 rings (SSSR count). The van der Waals surface area contributed by atoms with Crippen molar-refractivity contribution in [2.45, 2.75) is 13.0 Å². The second-order valence-electron chi connectivity index (χ2n) is 6.42. The molecule has 4 aromatic rings. The van der Waals surface area contributed by atoms with Gasteiger partial charge in [-0.2, -0.15) is 4.98 Å². The normalized spacial score (nSPS) is 12.1. The van der Waals surface area contributed by atoms with Crippen molar-refractivity contribution in [3.05, 3.63) is 87.9 Å². The van der Waals surface area contributed by atoms with Gasteiger partial charge in [0.15, 0.2) is 0 Å². The number of hydrogen-bond donors (Lipinski definition) is 2. The van der Waals surface area contributed by atoms with Crippen LogP contribution in [0.1, 0.15) is 18.7 Å². The number of nitrogens with one attached hydrogen (secondary N) is 1. The Morgan fingerprint density at radius 1 is 1.11 bits per heavy atom. The lowest BCUT2D eigenvalue weighted by molar-refractivity contribution is 0.773. The van der Waals surface area contributed by atoms with Crippen molar-refractivity contribution in [2.75, 3.05) is 11.1 Å². The molecule has 0 aliphatic carbocycles. The Hall–Kier alpha value is -3.38. The second kappa shape index (κ2) is 7.32. The number of nitrogens with zero attached hydrogens (tertiary/aromatic N) is 3. The first-order valence-corrected chi connectivity index (χ1v) is 9.17. The van der Waals surface area contributed by atoms with E-state index in [0.29, 0.717) is 16.2 Å². The number of halogens is 1. The third-order valence-corrected chi connectivity index (χ3v) is 4.84. The summed E-state index contributed by atoms with van der Waals surface area (Å²) in [6, 6.07) is 18.4. The van der Waals surface area contributed by atoms with Gasteiger partial charge in [0, 0.05) is 17.6 Å². The van der Waals surface area contributed by atoms with Crippen LogP contribution in [0.4, 0.5) is 11.8 Å². The molecule has 0 fully saturated rings. The Bertz CT molecular complexity index is 1210. The molecule has 0 unspecified atom stereocenters. The van der Waals surface area contributed by atoms with Gasteiger partial charge in [0.2, 0.25) is 5.95 Å². The maximum absolute atomic E-state index is 13.4. The van der Waals surface area contributed by atoms with Crippen LogP contribution in [0.2, 0.25) is 5.02 Å². The fraction of sp³-hybridized carbons (Fsp3) is 0.0952. The molecule has 3 N–H and O–H groups in total. The van der Waals surface area contributed by atoms with Gasteiger partial charge < -0.3 is 11.1 Å². The Kier molecular flexibility index (Phi) is 4.71. The molecule has 2 aromatic carbocycles. The monoisotopic (exact) mass is 391 g/mol. The summed E-state index contributed by atoms with van der Waals surface area (Å²) in [5, 5.41) is 5.01. The van der Waals surface area contributed by atoms with Crippen molar-refractivity contribution in [2.24, 2.45) is 0 Å². The van der Waals surface area contributed by atoms with Crippen LogP contribution in [-0.2, 0) is 0 Å². The first kappa shape index (κ1) is 18.0. The van der Waals surface area contributed by atoms with E-state index in [2.05, 4.69) is 15.3 Å². The van der Waals surface area contributed by atoms with E-state index in [4.69, 9.17) is 17.3 Å². The van der Waals surface area contributed by atoms with Gasteiger partial charge in [-0.15, -0.1) is 0 Å². The number of para-hydroxylation sites is 1. The van der Waals surface area contributed by atoms with Crippen molar-refractivity contribution in [1.82, 2.24) is 14.5 Å². The zero-order valence-electron chi connectivity index (χ0n) is 15.1. The minimum Gasteiger partial charge on any atom is -0.368 e. The number of rotatable bonds is 4. The highest BCUT2D eigenvalue weighted by molar-refractivity contribution is 6.35. The molecular formula is C21H18ClN5O. The van der Waals surface area contributed by atoms with Gasteiger partial charge in [0.25, 0.3) is 5.56 Å². The topological polar surface area (TPSA) is 85.8 Å². The molecule has 0 amide bonds. The summed E-state index contributed by atoms with van der Waals surface area (Å²) < 4.78 is 1.68. The van der Waals surface area contributed by atoms with Crippen LogP contribution in [0, 0.1) is 0 Å². The number of aromatic nitrogens is 3. The van der Waals surface area contributed by atoms with Gasteiger partial charge in [-0.3, -0.25) is 9.36 Å². The molecule has 0 spiro atoms. The van der Waals surface area contributed by atoms with Crippen LogP contribution in [0.5, 0.6) is 0 Å². The number of pyridine rings is 1. The average molecular weight is 392 g/mol. The van der Waals surface area contributed by atoms with Crippen molar-refractivity contribution in [1.29, 1.82) is 0 Å². The zero-order valence-corrected chi connectivity index (χ0v) is 15.9. The smallest absolute Gasteiger partial charge is 0.264 e. The first-order valence-electron chi connectivity index (χ1n) is 8.79. The van der Waals surface area contributed by atoms with Gasteiger partial charge in [0.1, 0.15) is 5.82 Å². The summed E-state index contributed by atoms with van der Waals surface area (Å²) in [6.45, 7) is 1.96. The van der Waals surface area contributed by atoms with E-state index >= 15 is 0 Å². The minimum atomic E-state index is -0.231. The molecule has 0 aliphatic rings. The minimum absolute atomic E-state index is 0.167. The van der Waals surface area contributed by atoms with Crippen LogP contribution in [0.25, 0.3) is 16.5 Å². The lowest BCUT2D eigenvalue weighted by Gasteiger charge is -2.21. The largest absolute Gasteiger partial charge is 0.368 e. The second-order valence-corrected chi connectivity index (χ2v) is 6.82. The van der Waals surface area contributed by atoms with E-state index in [9.17, 15) is 4.79 Å². The number of benzene rings is 2. The standard InChI is InChI=1S/C21H18ClN5O/c1-13(25-18-10-11-24-21(23)26-18)17-12-14-6-5-9-16(22)19(14)20(28)27(17)15-7-3-2-4-8-15/h2-13H,1H3,(H3,23,24,25,26)/t13-/m1/s1. The van der Waals surface area contributed by atoms with Crippen molar-refractivity contribution in [3.63, 3.8) is 0 Å². The Morgan fingerprint density at radius 2 is 1.89 bits per heavy atom. The number of hydrogen-bond acceptors (Lipinski definition) is 5. The summed E-state index contributed by atoms with van der Waals surface area (Å²) in [4.78, 5) is 21.5. The number of anilines is 2. The summed E-state index contributed by atoms with van der Waals surface area (Å²) in [7, 11) is 0. The lowest BCUT2D eigenvalue weighted by atomic mass is 10.1. The van der Waals surface area contributed by atoms with E-state index in [1.54, 1.807) is 22.9 Å². The molecule has 1 atom stereocenters. The fourth-order valence-electron chi connectivity index (χ4n) is 3.25. The molecule has 140 valence electrons. The number of fused-ring (bicyclic) bond motifs is 1. The molecule has 28 heavy (non-hydrogen) atoms. The molecule has 0 bridgehead atoms. The highest BCUT2D eigenvalue weighted by atomic mass is 35.5. The maximum atomic E-state index is 13.4. The predicted molar refractivity (Wildman–Crippen MR) is 113 cm³/mol. The lowest BCUT2D eigenvalue weighted by Crippen LogP contribution is -2.25. The van der Waals surface area contributed by atoms with Gasteiger partial charge in [-0.25, -0.2) is 4.98 Å². The Morgan fingerprint density at radius 3 is 2.64 bits per heavy atom. The van der Waals surface area contributed by atoms with Crippen molar-refractivity contribution >= 4 is 34.1 Å². The van der Waals surface area contributed by atoms with Crippen LogP contribution in [0.15, 0.2) is 71.7 Å². The molecule has 2 aromatic heterocycles. The number of nitrogens with two attached hydrogens (primary N) is 1. The third kappa shape index (κ3) is 3.30. The molecule has 2 heterocycles. The van der Waals surface area contributed by atoms with Crippen LogP contribution in [0.3, 0.4) is 0 Å². The van der Waals surface area contributed by atoms with Gasteiger partial charge in [0.05, 0.1) is 16.5 Å². The van der Waals surface area contributed by atoms with Gasteiger partial charge in [-0.1, -0.05) is 41.9 Å². The van der Waals surface area contributed by atoms with Gasteiger partial charge >= 0.3 is 0 Å². The SMILES string of the molecule is C[C@@H](Nc1ccnc(N)n1)c1cc2cccc(Cl)c2c(=O)n1-c1ccccc1. The average Bonchev–Trinajstić information content (AvgIpc) is 2.68. The van der Waals surface area contributed by atoms with Crippen LogP contribution in [-0.4, -0.2) is 14.5 Å². The zero-order chi connectivity index (χ0) is 19.7. The van der Waals surface area contributed by atoms with E-state index in [1.807, 2.05) is 55.5 Å². The van der Waals surface area contributed by atoms with E-state index in [-0.39, 0.29) is 17.5 Å². The fourth-order valence-corrected chi connectivity index (χ4v) is 3.51. The summed E-state index contributed by atoms with van der Waals surface area (Å²) in [6.07, 6.45) is 1.59. The number of nitrogen functional groups attached to an aromatic ring is 1. The van der Waals surface area contributed by atoms with Crippen molar-refractivity contribution < 1.29 is 0 Å². The summed E-state index contributed by atoms with van der Waals surface area (Å²) >= 11 is 6.34. The van der Waals surface area contributed by atoms with E-state index in [1.165, 1.54) is 0 Å².